The molecule has 0 fully saturated rings. The number of H-pyrrole nitrogens is 1. The first-order valence-electron chi connectivity index (χ1n) is 7.82. The zero-order valence-electron chi connectivity index (χ0n) is 12.6. The van der Waals surface area contributed by atoms with E-state index in [0.717, 1.165) is 25.0 Å². The number of rotatable bonds is 3. The molecule has 3 aromatic rings. The van der Waals surface area contributed by atoms with Crippen molar-refractivity contribution in [1.29, 1.82) is 0 Å². The van der Waals surface area contributed by atoms with E-state index in [1.54, 1.807) is 10.7 Å². The Morgan fingerprint density at radius 1 is 1.26 bits per heavy atom. The number of aromatic amines is 1. The van der Waals surface area contributed by atoms with Crippen molar-refractivity contribution < 1.29 is 0 Å². The summed E-state index contributed by atoms with van der Waals surface area (Å²) in [5, 5.41) is 9.06. The second kappa shape index (κ2) is 5.79. The molecule has 0 saturated carbocycles. The summed E-state index contributed by atoms with van der Waals surface area (Å²) < 4.78 is 1.74. The third kappa shape index (κ3) is 2.79. The molecule has 1 aliphatic rings. The van der Waals surface area contributed by atoms with Gasteiger partial charge in [-0.1, -0.05) is 29.5 Å². The molecule has 116 valence electrons. The Morgan fingerprint density at radius 3 is 3.04 bits per heavy atom. The van der Waals surface area contributed by atoms with Crippen molar-refractivity contribution in [3.8, 4) is 0 Å². The molecule has 6 heteroatoms. The predicted octanol–water partition coefficient (Wildman–Crippen LogP) is 2.39. The minimum absolute atomic E-state index is 0.122. The van der Waals surface area contributed by atoms with E-state index in [1.807, 2.05) is 24.4 Å². The van der Waals surface area contributed by atoms with Crippen LogP contribution in [-0.4, -0.2) is 25.0 Å². The summed E-state index contributed by atoms with van der Waals surface area (Å²) in [6, 6.07) is 7.33. The Hall–Kier alpha value is -2.76. The first-order valence-corrected chi connectivity index (χ1v) is 7.82. The van der Waals surface area contributed by atoms with Crippen molar-refractivity contribution in [3.05, 3.63) is 64.5 Å². The summed E-state index contributed by atoms with van der Waals surface area (Å²) in [6.07, 6.45) is 9.60. The fraction of sp³-hybridized carbons (Fsp3) is 0.294. The molecule has 0 saturated heterocycles. The second-order valence-corrected chi connectivity index (χ2v) is 5.85. The molecular weight excluding hydrogens is 290 g/mol. The lowest BCUT2D eigenvalue weighted by atomic mass is 9.92. The number of hydrogen-bond donors (Lipinski definition) is 1. The Balaban J connectivity index is 1.60. The van der Waals surface area contributed by atoms with Crippen molar-refractivity contribution >= 4 is 10.9 Å². The summed E-state index contributed by atoms with van der Waals surface area (Å²) in [5.41, 5.74) is 1.59. The Labute approximate surface area is 132 Å². The van der Waals surface area contributed by atoms with Crippen LogP contribution in [0.25, 0.3) is 10.9 Å². The Kier molecular flexibility index (Phi) is 3.49. The smallest absolute Gasteiger partial charge is 0.258 e. The van der Waals surface area contributed by atoms with E-state index in [1.165, 1.54) is 0 Å². The van der Waals surface area contributed by atoms with Gasteiger partial charge in [-0.3, -0.25) is 4.79 Å². The first-order chi connectivity index (χ1) is 11.3. The highest BCUT2D eigenvalue weighted by atomic mass is 16.1. The molecule has 1 aromatic carbocycles. The summed E-state index contributed by atoms with van der Waals surface area (Å²) in [7, 11) is 0. The highest BCUT2D eigenvalue weighted by Gasteiger charge is 2.16. The lowest BCUT2D eigenvalue weighted by Gasteiger charge is -2.13. The van der Waals surface area contributed by atoms with E-state index in [-0.39, 0.29) is 5.56 Å². The van der Waals surface area contributed by atoms with Crippen LogP contribution >= 0.6 is 0 Å². The van der Waals surface area contributed by atoms with Gasteiger partial charge in [0.05, 0.1) is 16.6 Å². The van der Waals surface area contributed by atoms with Crippen LogP contribution in [-0.2, 0) is 6.54 Å². The van der Waals surface area contributed by atoms with Gasteiger partial charge in [0, 0.05) is 12.1 Å². The van der Waals surface area contributed by atoms with Gasteiger partial charge in [-0.25, -0.2) is 9.67 Å². The number of para-hydroxylation sites is 1. The van der Waals surface area contributed by atoms with Crippen LogP contribution in [0.3, 0.4) is 0 Å². The lowest BCUT2D eigenvalue weighted by molar-refractivity contribution is 0.597. The highest BCUT2D eigenvalue weighted by molar-refractivity contribution is 5.77. The SMILES string of the molecule is O=c1[nH]c(Cn2cc(C3CC=CCC3)nn2)nc2ccccc12. The van der Waals surface area contributed by atoms with Crippen LogP contribution in [0.15, 0.2) is 47.4 Å². The number of allylic oxidation sites excluding steroid dienone is 2. The zero-order valence-corrected chi connectivity index (χ0v) is 12.6. The van der Waals surface area contributed by atoms with Gasteiger partial charge in [0.15, 0.2) is 0 Å². The standard InChI is InChI=1S/C17H17N5O/c23-17-13-8-4-5-9-14(13)18-16(19-17)11-22-10-15(20-21-22)12-6-2-1-3-7-12/h1-2,4-5,8-10,12H,3,6-7,11H2,(H,18,19,23). The van der Waals surface area contributed by atoms with Gasteiger partial charge in [0.2, 0.25) is 0 Å². The van der Waals surface area contributed by atoms with E-state index in [2.05, 4.69) is 32.4 Å². The maximum atomic E-state index is 12.1. The number of nitrogens with zero attached hydrogens (tertiary/aromatic N) is 4. The average molecular weight is 307 g/mol. The molecule has 0 aliphatic heterocycles. The van der Waals surface area contributed by atoms with Crippen molar-refractivity contribution in [2.75, 3.05) is 0 Å². The molecule has 23 heavy (non-hydrogen) atoms. The van der Waals surface area contributed by atoms with Gasteiger partial charge in [-0.15, -0.1) is 5.10 Å². The van der Waals surface area contributed by atoms with Gasteiger partial charge in [-0.05, 0) is 31.4 Å². The molecule has 0 spiro atoms. The summed E-state index contributed by atoms with van der Waals surface area (Å²) in [5.74, 6) is 1.03. The minimum atomic E-state index is -0.122. The quantitative estimate of drug-likeness (QED) is 0.754. The van der Waals surface area contributed by atoms with E-state index >= 15 is 0 Å². The van der Waals surface area contributed by atoms with Crippen LogP contribution in [0.1, 0.15) is 36.7 Å². The number of fused-ring (bicyclic) bond motifs is 1. The predicted molar refractivity (Wildman–Crippen MR) is 87.2 cm³/mol. The van der Waals surface area contributed by atoms with E-state index < -0.39 is 0 Å². The second-order valence-electron chi connectivity index (χ2n) is 5.85. The number of benzene rings is 1. The molecule has 1 unspecified atom stereocenters. The zero-order chi connectivity index (χ0) is 15.6. The molecule has 6 nitrogen and oxygen atoms in total. The van der Waals surface area contributed by atoms with Crippen LogP contribution in [0, 0.1) is 0 Å². The van der Waals surface area contributed by atoms with Crippen molar-refractivity contribution in [3.63, 3.8) is 0 Å². The van der Waals surface area contributed by atoms with Gasteiger partial charge in [0.1, 0.15) is 12.4 Å². The summed E-state index contributed by atoms with van der Waals surface area (Å²) >= 11 is 0. The van der Waals surface area contributed by atoms with E-state index in [4.69, 9.17) is 0 Å². The van der Waals surface area contributed by atoms with Crippen LogP contribution < -0.4 is 5.56 Å². The molecule has 1 aliphatic carbocycles. The molecule has 0 amide bonds. The molecule has 0 bridgehead atoms. The normalized spacial score (nSPS) is 17.7. The molecule has 0 radical (unpaired) electrons. The molecular formula is C17H17N5O. The largest absolute Gasteiger partial charge is 0.308 e. The Morgan fingerprint density at radius 2 is 2.17 bits per heavy atom. The molecule has 2 aromatic heterocycles. The van der Waals surface area contributed by atoms with E-state index in [0.29, 0.717) is 29.2 Å². The monoisotopic (exact) mass is 307 g/mol. The lowest BCUT2D eigenvalue weighted by Crippen LogP contribution is -2.14. The summed E-state index contributed by atoms with van der Waals surface area (Å²) in [4.78, 5) is 19.4. The van der Waals surface area contributed by atoms with Gasteiger partial charge in [-0.2, -0.15) is 0 Å². The minimum Gasteiger partial charge on any atom is -0.308 e. The maximum Gasteiger partial charge on any atom is 0.258 e. The fourth-order valence-corrected chi connectivity index (χ4v) is 3.00. The topological polar surface area (TPSA) is 76.5 Å². The molecule has 4 rings (SSSR count). The van der Waals surface area contributed by atoms with Crippen molar-refractivity contribution in [1.82, 2.24) is 25.0 Å². The Bertz CT molecular complexity index is 924. The van der Waals surface area contributed by atoms with Crippen LogP contribution in [0.2, 0.25) is 0 Å². The van der Waals surface area contributed by atoms with Crippen molar-refractivity contribution in [2.45, 2.75) is 31.7 Å². The first kappa shape index (κ1) is 13.9. The van der Waals surface area contributed by atoms with Crippen molar-refractivity contribution in [2.24, 2.45) is 0 Å². The third-order valence-corrected chi connectivity index (χ3v) is 4.22. The molecule has 1 atom stereocenters. The molecule has 1 N–H and O–H groups in total. The van der Waals surface area contributed by atoms with E-state index in [9.17, 15) is 4.79 Å². The third-order valence-electron chi connectivity index (χ3n) is 4.22. The maximum absolute atomic E-state index is 12.1. The van der Waals surface area contributed by atoms with Crippen LogP contribution in [0.5, 0.6) is 0 Å². The molecule has 2 heterocycles. The summed E-state index contributed by atoms with van der Waals surface area (Å²) in [6.45, 7) is 0.412. The number of hydrogen-bond acceptors (Lipinski definition) is 4. The van der Waals surface area contributed by atoms with Crippen LogP contribution in [0.4, 0.5) is 0 Å². The van der Waals surface area contributed by atoms with Gasteiger partial charge >= 0.3 is 0 Å². The van der Waals surface area contributed by atoms with Gasteiger partial charge in [0.25, 0.3) is 5.56 Å². The fourth-order valence-electron chi connectivity index (χ4n) is 3.00. The number of aromatic nitrogens is 5. The highest BCUT2D eigenvalue weighted by Crippen LogP contribution is 2.27. The average Bonchev–Trinajstić information content (AvgIpc) is 3.04. The number of nitrogens with one attached hydrogen (secondary N) is 1. The van der Waals surface area contributed by atoms with Gasteiger partial charge < -0.3 is 4.98 Å².